The highest BCUT2D eigenvalue weighted by Gasteiger charge is 2.13. The molecule has 0 aliphatic carbocycles. The Morgan fingerprint density at radius 1 is 1.18 bits per heavy atom. The van der Waals surface area contributed by atoms with Crippen molar-refractivity contribution in [2.24, 2.45) is 0 Å². The van der Waals surface area contributed by atoms with Crippen LogP contribution in [0.15, 0.2) is 0 Å². The minimum absolute atomic E-state index is 0.417. The smallest absolute Gasteiger partial charge is 0.307 e. The molecular formula is C6H11O4P. The van der Waals surface area contributed by atoms with Crippen molar-refractivity contribution in [1.29, 1.82) is 0 Å². The molecule has 4 nitrogen and oxygen atoms in total. The summed E-state index contributed by atoms with van der Waals surface area (Å²) in [5.74, 6) is -0.835. The third-order valence-corrected chi connectivity index (χ3v) is 2.16. The number of rotatable bonds is 3. The van der Waals surface area contributed by atoms with Crippen molar-refractivity contribution in [3.63, 3.8) is 0 Å². The zero-order valence-corrected chi connectivity index (χ0v) is 7.68. The summed E-state index contributed by atoms with van der Waals surface area (Å²) in [6.07, 6.45) is 0.536. The molecule has 0 N–H and O–H groups in total. The molecule has 0 bridgehead atoms. The SMILES string of the molecule is CCP(OC(C)=O)OC(C)=O. The van der Waals surface area contributed by atoms with Gasteiger partial charge in [0.1, 0.15) is 0 Å². The summed E-state index contributed by atoms with van der Waals surface area (Å²) in [5.41, 5.74) is 0. The topological polar surface area (TPSA) is 52.6 Å². The first-order valence-corrected chi connectivity index (χ1v) is 4.57. The van der Waals surface area contributed by atoms with Crippen molar-refractivity contribution in [3.8, 4) is 0 Å². The molecule has 0 aliphatic rings. The Bertz CT molecular complexity index is 141. The molecule has 11 heavy (non-hydrogen) atoms. The monoisotopic (exact) mass is 178 g/mol. The average molecular weight is 178 g/mol. The second-order valence-corrected chi connectivity index (χ2v) is 3.48. The molecule has 0 aromatic heterocycles. The van der Waals surface area contributed by atoms with E-state index in [1.807, 2.05) is 0 Å². The van der Waals surface area contributed by atoms with Crippen molar-refractivity contribution < 1.29 is 18.6 Å². The molecule has 0 spiro atoms. The molecule has 5 heteroatoms. The van der Waals surface area contributed by atoms with E-state index < -0.39 is 20.3 Å². The summed E-state index contributed by atoms with van der Waals surface area (Å²) in [6.45, 7) is 4.36. The van der Waals surface area contributed by atoms with E-state index in [0.717, 1.165) is 0 Å². The lowest BCUT2D eigenvalue weighted by atomic mass is 10.9. The van der Waals surface area contributed by atoms with Gasteiger partial charge in [0, 0.05) is 20.0 Å². The van der Waals surface area contributed by atoms with Crippen LogP contribution in [0.3, 0.4) is 0 Å². The number of carbonyl (C=O) groups is 2. The van der Waals surface area contributed by atoms with Crippen molar-refractivity contribution in [2.45, 2.75) is 20.8 Å². The van der Waals surface area contributed by atoms with Gasteiger partial charge in [0.2, 0.25) is 0 Å². The quantitative estimate of drug-likeness (QED) is 0.613. The predicted molar refractivity (Wildman–Crippen MR) is 41.0 cm³/mol. The van der Waals surface area contributed by atoms with Crippen LogP contribution in [0.2, 0.25) is 0 Å². The van der Waals surface area contributed by atoms with Crippen LogP contribution in [0, 0.1) is 0 Å². The fourth-order valence-corrected chi connectivity index (χ4v) is 1.30. The highest BCUT2D eigenvalue weighted by atomic mass is 31.2. The zero-order valence-electron chi connectivity index (χ0n) is 6.79. The maximum absolute atomic E-state index is 10.4. The number of hydrogen-bond acceptors (Lipinski definition) is 4. The van der Waals surface area contributed by atoms with E-state index in [9.17, 15) is 9.59 Å². The van der Waals surface area contributed by atoms with Gasteiger partial charge >= 0.3 is 11.9 Å². The van der Waals surface area contributed by atoms with Gasteiger partial charge in [0.05, 0.1) is 0 Å². The molecular weight excluding hydrogens is 167 g/mol. The van der Waals surface area contributed by atoms with E-state index >= 15 is 0 Å². The lowest BCUT2D eigenvalue weighted by molar-refractivity contribution is -0.134. The standard InChI is InChI=1S/C6H11O4P/c1-4-11(9-5(2)7)10-6(3)8/h4H2,1-3H3. The van der Waals surface area contributed by atoms with Crippen LogP contribution in [-0.2, 0) is 18.6 Å². The van der Waals surface area contributed by atoms with Crippen LogP contribution in [0.5, 0.6) is 0 Å². The van der Waals surface area contributed by atoms with Crippen molar-refractivity contribution in [1.82, 2.24) is 0 Å². The Hall–Kier alpha value is -0.630. The van der Waals surface area contributed by atoms with Crippen molar-refractivity contribution in [2.75, 3.05) is 6.16 Å². The maximum Gasteiger partial charge on any atom is 0.307 e. The zero-order chi connectivity index (χ0) is 8.85. The van der Waals surface area contributed by atoms with E-state index in [-0.39, 0.29) is 0 Å². The Kier molecular flexibility index (Phi) is 4.79. The molecule has 64 valence electrons. The van der Waals surface area contributed by atoms with Gasteiger partial charge < -0.3 is 9.05 Å². The van der Waals surface area contributed by atoms with Gasteiger partial charge in [-0.25, -0.2) is 0 Å². The Morgan fingerprint density at radius 3 is 1.73 bits per heavy atom. The normalized spacial score (nSPS) is 9.45. The highest BCUT2D eigenvalue weighted by molar-refractivity contribution is 7.48. The van der Waals surface area contributed by atoms with Crippen molar-refractivity contribution >= 4 is 20.3 Å². The van der Waals surface area contributed by atoms with Gasteiger partial charge in [-0.1, -0.05) is 6.92 Å². The lowest BCUT2D eigenvalue weighted by Gasteiger charge is -2.11. The van der Waals surface area contributed by atoms with Crippen molar-refractivity contribution in [3.05, 3.63) is 0 Å². The molecule has 0 saturated heterocycles. The molecule has 0 unspecified atom stereocenters. The Balaban J connectivity index is 3.76. The molecule has 0 heterocycles. The van der Waals surface area contributed by atoms with Crippen LogP contribution < -0.4 is 0 Å². The Morgan fingerprint density at radius 2 is 1.55 bits per heavy atom. The van der Waals surface area contributed by atoms with Crippen LogP contribution in [0.4, 0.5) is 0 Å². The molecule has 0 aromatic carbocycles. The highest BCUT2D eigenvalue weighted by Crippen LogP contribution is 2.37. The van der Waals surface area contributed by atoms with Crippen LogP contribution in [-0.4, -0.2) is 18.1 Å². The van der Waals surface area contributed by atoms with E-state index in [0.29, 0.717) is 6.16 Å². The number of hydrogen-bond donors (Lipinski definition) is 0. The van der Waals surface area contributed by atoms with E-state index in [1.54, 1.807) is 6.92 Å². The first kappa shape index (κ1) is 10.4. The van der Waals surface area contributed by atoms with E-state index in [1.165, 1.54) is 13.8 Å². The molecule has 0 radical (unpaired) electrons. The summed E-state index contributed by atoms with van der Waals surface area (Å²) >= 11 is 0. The molecule has 0 aliphatic heterocycles. The maximum atomic E-state index is 10.4. The molecule has 0 fully saturated rings. The summed E-state index contributed by atoms with van der Waals surface area (Å²) in [5, 5.41) is 0. The average Bonchev–Trinajstić information content (AvgIpc) is 1.84. The third-order valence-electron chi connectivity index (χ3n) is 0.719. The molecule has 0 rings (SSSR count). The van der Waals surface area contributed by atoms with Gasteiger partial charge in [-0.15, -0.1) is 0 Å². The van der Waals surface area contributed by atoms with Gasteiger partial charge in [0.25, 0.3) is 8.38 Å². The number of carbonyl (C=O) groups excluding carboxylic acids is 2. The van der Waals surface area contributed by atoms with Crippen LogP contribution in [0.25, 0.3) is 0 Å². The van der Waals surface area contributed by atoms with Gasteiger partial charge in [-0.05, 0) is 0 Å². The fraction of sp³-hybridized carbons (Fsp3) is 0.667. The molecule has 0 atom stereocenters. The second kappa shape index (κ2) is 5.08. The van der Waals surface area contributed by atoms with Gasteiger partial charge in [-0.3, -0.25) is 9.59 Å². The van der Waals surface area contributed by atoms with Gasteiger partial charge in [-0.2, -0.15) is 0 Å². The molecule has 0 saturated carbocycles. The summed E-state index contributed by atoms with van der Waals surface area (Å²) in [4.78, 5) is 20.8. The van der Waals surface area contributed by atoms with Crippen LogP contribution in [0.1, 0.15) is 20.8 Å². The minimum atomic E-state index is -1.34. The van der Waals surface area contributed by atoms with E-state index in [4.69, 9.17) is 9.05 Å². The minimum Gasteiger partial charge on any atom is -0.407 e. The third kappa shape index (κ3) is 5.80. The van der Waals surface area contributed by atoms with Gasteiger partial charge in [0.15, 0.2) is 0 Å². The predicted octanol–water partition coefficient (Wildman–Crippen LogP) is 1.44. The first-order valence-electron chi connectivity index (χ1n) is 3.20. The summed E-state index contributed by atoms with van der Waals surface area (Å²) in [7, 11) is -1.34. The summed E-state index contributed by atoms with van der Waals surface area (Å²) < 4.78 is 9.39. The Labute approximate surface area is 66.8 Å². The molecule has 0 aromatic rings. The fourth-order valence-electron chi connectivity index (χ4n) is 0.435. The second-order valence-electron chi connectivity index (χ2n) is 1.81. The molecule has 0 amide bonds. The largest absolute Gasteiger partial charge is 0.407 e. The lowest BCUT2D eigenvalue weighted by Crippen LogP contribution is -2.01. The van der Waals surface area contributed by atoms with E-state index in [2.05, 4.69) is 0 Å². The first-order chi connectivity index (χ1) is 5.06. The van der Waals surface area contributed by atoms with Crippen LogP contribution >= 0.6 is 8.38 Å². The summed E-state index contributed by atoms with van der Waals surface area (Å²) in [6, 6.07) is 0.